The highest BCUT2D eigenvalue weighted by Crippen LogP contribution is 2.20. The molecule has 1 fully saturated rings. The minimum Gasteiger partial charge on any atom is -0.385 e. The van der Waals surface area contributed by atoms with Gasteiger partial charge in [0, 0.05) is 44.6 Å². The smallest absolute Gasteiger partial charge is 0.253 e. The van der Waals surface area contributed by atoms with Gasteiger partial charge in [0.15, 0.2) is 0 Å². The number of benzene rings is 1. The molecule has 2 rings (SSSR count). The lowest BCUT2D eigenvalue weighted by Gasteiger charge is -2.32. The fourth-order valence-electron chi connectivity index (χ4n) is 3.03. The quantitative estimate of drug-likeness (QED) is 0.638. The maximum Gasteiger partial charge on any atom is 0.253 e. The number of hydrogen-bond donors (Lipinski definition) is 2. The molecule has 0 aliphatic carbocycles. The molecule has 0 saturated carbocycles. The largest absolute Gasteiger partial charge is 0.385 e. The van der Waals surface area contributed by atoms with Gasteiger partial charge in [0.25, 0.3) is 5.91 Å². The second-order valence-electron chi connectivity index (χ2n) is 6.68. The molecule has 150 valence electrons. The van der Waals surface area contributed by atoms with Crippen LogP contribution in [0, 0.1) is 5.92 Å². The van der Waals surface area contributed by atoms with E-state index in [0.717, 1.165) is 25.5 Å². The molecule has 8 nitrogen and oxygen atoms in total. The average Bonchev–Trinajstić information content (AvgIpc) is 2.64. The Balaban J connectivity index is 1.93. The molecule has 1 aliphatic rings. The van der Waals surface area contributed by atoms with Crippen LogP contribution in [0.1, 0.15) is 29.6 Å². The van der Waals surface area contributed by atoms with Crippen molar-refractivity contribution in [2.24, 2.45) is 5.92 Å². The highest BCUT2D eigenvalue weighted by atomic mass is 32.2. The molecule has 27 heavy (non-hydrogen) atoms. The summed E-state index contributed by atoms with van der Waals surface area (Å²) in [5.74, 6) is -0.398. The summed E-state index contributed by atoms with van der Waals surface area (Å²) in [6.45, 7) is 2.15. The Morgan fingerprint density at radius 3 is 2.59 bits per heavy atom. The van der Waals surface area contributed by atoms with Crippen molar-refractivity contribution >= 4 is 27.5 Å². The number of hydrogen-bond acceptors (Lipinski definition) is 5. The number of nitrogens with zero attached hydrogens (tertiary/aromatic N) is 1. The minimum atomic E-state index is -3.36. The van der Waals surface area contributed by atoms with Crippen LogP contribution in [0.5, 0.6) is 0 Å². The lowest BCUT2D eigenvalue weighted by molar-refractivity contribution is -0.126. The molecule has 1 saturated heterocycles. The number of nitrogens with one attached hydrogen (secondary N) is 2. The van der Waals surface area contributed by atoms with Crippen LogP contribution >= 0.6 is 0 Å². The standard InChI is InChI=1S/C18H27N3O5S/c1-26-12-4-10-19-17(22)15-5-3-11-21(13-15)18(23)14-6-8-16(9-7-14)20-27(2,24)25/h6-9,15,20H,3-5,10-13H2,1-2H3,(H,19,22). The summed E-state index contributed by atoms with van der Waals surface area (Å²) in [4.78, 5) is 26.7. The van der Waals surface area contributed by atoms with Gasteiger partial charge in [-0.25, -0.2) is 8.42 Å². The molecule has 0 bridgehead atoms. The maximum atomic E-state index is 12.7. The van der Waals surface area contributed by atoms with Crippen LogP contribution in [0.15, 0.2) is 24.3 Å². The Kier molecular flexibility index (Phi) is 7.61. The number of methoxy groups -OCH3 is 1. The van der Waals surface area contributed by atoms with Crippen molar-refractivity contribution in [3.05, 3.63) is 29.8 Å². The first kappa shape index (κ1) is 21.2. The summed E-state index contributed by atoms with van der Waals surface area (Å²) in [7, 11) is -1.74. The second-order valence-corrected chi connectivity index (χ2v) is 8.43. The molecule has 2 N–H and O–H groups in total. The fraction of sp³-hybridized carbons (Fsp3) is 0.556. The van der Waals surface area contributed by atoms with Crippen LogP contribution in [-0.2, 0) is 19.6 Å². The summed E-state index contributed by atoms with van der Waals surface area (Å²) in [5.41, 5.74) is 0.871. The molecule has 2 amide bonds. The highest BCUT2D eigenvalue weighted by molar-refractivity contribution is 7.92. The third-order valence-electron chi connectivity index (χ3n) is 4.34. The molecule has 0 radical (unpaired) electrons. The van der Waals surface area contributed by atoms with Crippen molar-refractivity contribution in [2.45, 2.75) is 19.3 Å². The molecule has 1 heterocycles. The zero-order chi connectivity index (χ0) is 19.9. The van der Waals surface area contributed by atoms with Crippen LogP contribution in [0.4, 0.5) is 5.69 Å². The SMILES string of the molecule is COCCCNC(=O)C1CCCN(C(=O)c2ccc(NS(C)(=O)=O)cc2)C1. The molecule has 0 spiro atoms. The predicted molar refractivity (Wildman–Crippen MR) is 103 cm³/mol. The summed E-state index contributed by atoms with van der Waals surface area (Å²) in [6, 6.07) is 6.28. The molecule has 9 heteroatoms. The Morgan fingerprint density at radius 2 is 1.96 bits per heavy atom. The van der Waals surface area contributed by atoms with Crippen LogP contribution < -0.4 is 10.0 Å². The van der Waals surface area contributed by atoms with E-state index in [1.807, 2.05) is 0 Å². The number of ether oxygens (including phenoxy) is 1. The number of anilines is 1. The molecule has 1 aromatic rings. The number of likely N-dealkylation sites (tertiary alicyclic amines) is 1. The van der Waals surface area contributed by atoms with E-state index in [4.69, 9.17) is 4.74 Å². The van der Waals surface area contributed by atoms with Gasteiger partial charge < -0.3 is 15.0 Å². The van der Waals surface area contributed by atoms with Gasteiger partial charge in [-0.1, -0.05) is 0 Å². The van der Waals surface area contributed by atoms with Gasteiger partial charge in [-0.2, -0.15) is 0 Å². The first-order valence-electron chi connectivity index (χ1n) is 8.94. The number of carbonyl (C=O) groups excluding carboxylic acids is 2. The van der Waals surface area contributed by atoms with Crippen LogP contribution in [0.25, 0.3) is 0 Å². The van der Waals surface area contributed by atoms with E-state index in [-0.39, 0.29) is 17.7 Å². The highest BCUT2D eigenvalue weighted by Gasteiger charge is 2.28. The number of carbonyl (C=O) groups is 2. The van der Waals surface area contributed by atoms with E-state index in [9.17, 15) is 18.0 Å². The zero-order valence-corrected chi connectivity index (χ0v) is 16.5. The van der Waals surface area contributed by atoms with Gasteiger partial charge in [0.2, 0.25) is 15.9 Å². The van der Waals surface area contributed by atoms with Crippen molar-refractivity contribution in [3.63, 3.8) is 0 Å². The predicted octanol–water partition coefficient (Wildman–Crippen LogP) is 1.06. The summed E-state index contributed by atoms with van der Waals surface area (Å²) >= 11 is 0. The van der Waals surface area contributed by atoms with Gasteiger partial charge in [0.05, 0.1) is 12.2 Å². The number of rotatable bonds is 8. The van der Waals surface area contributed by atoms with Gasteiger partial charge in [0.1, 0.15) is 0 Å². The lowest BCUT2D eigenvalue weighted by Crippen LogP contribution is -2.45. The fourth-order valence-corrected chi connectivity index (χ4v) is 3.59. The Bertz CT molecular complexity index is 749. The minimum absolute atomic E-state index is 0.0312. The zero-order valence-electron chi connectivity index (χ0n) is 15.7. The Hall–Kier alpha value is -2.13. The number of amides is 2. The van der Waals surface area contributed by atoms with Crippen molar-refractivity contribution < 1.29 is 22.7 Å². The molecular formula is C18H27N3O5S. The van der Waals surface area contributed by atoms with E-state index in [0.29, 0.717) is 37.5 Å². The Labute approximate surface area is 160 Å². The Morgan fingerprint density at radius 1 is 1.26 bits per heavy atom. The molecule has 0 aromatic heterocycles. The van der Waals surface area contributed by atoms with E-state index in [1.54, 1.807) is 36.3 Å². The third-order valence-corrected chi connectivity index (χ3v) is 4.95. The topological polar surface area (TPSA) is 105 Å². The van der Waals surface area contributed by atoms with Gasteiger partial charge in [-0.05, 0) is 43.5 Å². The van der Waals surface area contributed by atoms with Crippen LogP contribution in [0.2, 0.25) is 0 Å². The van der Waals surface area contributed by atoms with Crippen LogP contribution in [-0.4, -0.2) is 64.7 Å². The summed E-state index contributed by atoms with van der Waals surface area (Å²) in [6.07, 6.45) is 3.36. The molecule has 1 unspecified atom stereocenters. The maximum absolute atomic E-state index is 12.7. The van der Waals surface area contributed by atoms with Crippen molar-refractivity contribution in [3.8, 4) is 0 Å². The molecule has 1 atom stereocenters. The lowest BCUT2D eigenvalue weighted by atomic mass is 9.96. The summed E-state index contributed by atoms with van der Waals surface area (Å²) in [5, 5.41) is 2.89. The average molecular weight is 397 g/mol. The van der Waals surface area contributed by atoms with E-state index >= 15 is 0 Å². The van der Waals surface area contributed by atoms with E-state index < -0.39 is 10.0 Å². The molecular weight excluding hydrogens is 370 g/mol. The first-order valence-corrected chi connectivity index (χ1v) is 10.8. The van der Waals surface area contributed by atoms with Crippen molar-refractivity contribution in [2.75, 3.05) is 44.3 Å². The number of piperidine rings is 1. The third kappa shape index (κ3) is 6.84. The first-order chi connectivity index (χ1) is 12.8. The molecule has 1 aliphatic heterocycles. The number of sulfonamides is 1. The van der Waals surface area contributed by atoms with E-state index in [2.05, 4.69) is 10.0 Å². The van der Waals surface area contributed by atoms with Crippen molar-refractivity contribution in [1.29, 1.82) is 0 Å². The normalized spacial score (nSPS) is 17.4. The second kappa shape index (κ2) is 9.70. The van der Waals surface area contributed by atoms with Gasteiger partial charge >= 0.3 is 0 Å². The summed E-state index contributed by atoms with van der Waals surface area (Å²) < 4.78 is 29.8. The van der Waals surface area contributed by atoms with Crippen molar-refractivity contribution in [1.82, 2.24) is 10.2 Å². The van der Waals surface area contributed by atoms with Crippen LogP contribution in [0.3, 0.4) is 0 Å². The van der Waals surface area contributed by atoms with Gasteiger partial charge in [-0.3, -0.25) is 14.3 Å². The van der Waals surface area contributed by atoms with E-state index in [1.165, 1.54) is 0 Å². The molecule has 1 aromatic carbocycles. The van der Waals surface area contributed by atoms with Gasteiger partial charge in [-0.15, -0.1) is 0 Å². The monoisotopic (exact) mass is 397 g/mol.